The Bertz CT molecular complexity index is 512. The van der Waals surface area contributed by atoms with Crippen LogP contribution in [0.15, 0.2) is 24.3 Å². The molecule has 20 heavy (non-hydrogen) atoms. The number of carboxylic acids is 1. The van der Waals surface area contributed by atoms with Crippen molar-refractivity contribution >= 4 is 17.7 Å². The molecule has 110 valence electrons. The molecule has 3 nitrogen and oxygen atoms in total. The molecule has 0 spiro atoms. The van der Waals surface area contributed by atoms with Gasteiger partial charge in [-0.3, -0.25) is 0 Å². The Balaban J connectivity index is 2.99. The summed E-state index contributed by atoms with van der Waals surface area (Å²) in [5, 5.41) is 8.53. The summed E-state index contributed by atoms with van der Waals surface area (Å²) in [5.41, 5.74) is 0.145. The molecule has 0 heterocycles. The van der Waals surface area contributed by atoms with Crippen molar-refractivity contribution in [2.24, 2.45) is 0 Å². The van der Waals surface area contributed by atoms with E-state index in [9.17, 15) is 22.4 Å². The van der Waals surface area contributed by atoms with Crippen molar-refractivity contribution in [2.45, 2.75) is 12.6 Å². The molecule has 0 unspecified atom stereocenters. The third-order valence-electron chi connectivity index (χ3n) is 2.56. The summed E-state index contributed by atoms with van der Waals surface area (Å²) >= 11 is 0. The second kappa shape index (κ2) is 6.40. The number of nitrogens with zero attached hydrogens (tertiary/aromatic N) is 1. The minimum absolute atomic E-state index is 0.0559. The second-order valence-electron chi connectivity index (χ2n) is 4.13. The van der Waals surface area contributed by atoms with Crippen LogP contribution in [-0.4, -0.2) is 30.8 Å². The van der Waals surface area contributed by atoms with Crippen molar-refractivity contribution in [3.63, 3.8) is 0 Å². The quantitative estimate of drug-likeness (QED) is 0.668. The van der Waals surface area contributed by atoms with Crippen molar-refractivity contribution in [1.29, 1.82) is 0 Å². The molecule has 0 aliphatic heterocycles. The third-order valence-corrected chi connectivity index (χ3v) is 2.56. The number of halogens is 4. The molecule has 1 aromatic rings. The van der Waals surface area contributed by atoms with Gasteiger partial charge >= 0.3 is 12.1 Å². The average Bonchev–Trinajstić information content (AvgIpc) is 2.33. The first-order valence-corrected chi connectivity index (χ1v) is 5.68. The largest absolute Gasteiger partial charge is 0.478 e. The second-order valence-corrected chi connectivity index (χ2v) is 4.13. The van der Waals surface area contributed by atoms with E-state index in [-0.39, 0.29) is 17.8 Å². The van der Waals surface area contributed by atoms with Gasteiger partial charge in [-0.15, -0.1) is 0 Å². The SMILES string of the molecule is CN(CCC(F)(F)F)c1cccc(F)c1/C=C/C(=O)O. The van der Waals surface area contributed by atoms with Crippen LogP contribution >= 0.6 is 0 Å². The van der Waals surface area contributed by atoms with Crippen LogP contribution in [0.1, 0.15) is 12.0 Å². The van der Waals surface area contributed by atoms with E-state index in [1.165, 1.54) is 24.1 Å². The highest BCUT2D eigenvalue weighted by atomic mass is 19.4. The van der Waals surface area contributed by atoms with Gasteiger partial charge in [-0.05, 0) is 18.2 Å². The summed E-state index contributed by atoms with van der Waals surface area (Å²) in [6.45, 7) is -0.346. The topological polar surface area (TPSA) is 40.5 Å². The van der Waals surface area contributed by atoms with Crippen molar-refractivity contribution in [1.82, 2.24) is 0 Å². The monoisotopic (exact) mass is 291 g/mol. The van der Waals surface area contributed by atoms with Gasteiger partial charge in [0, 0.05) is 30.9 Å². The fourth-order valence-electron chi connectivity index (χ4n) is 1.59. The van der Waals surface area contributed by atoms with Crippen LogP contribution in [0.5, 0.6) is 0 Å². The molecule has 0 aliphatic carbocycles. The van der Waals surface area contributed by atoms with E-state index in [4.69, 9.17) is 5.11 Å². The first-order valence-electron chi connectivity index (χ1n) is 5.68. The lowest BCUT2D eigenvalue weighted by molar-refractivity contribution is -0.132. The smallest absolute Gasteiger partial charge is 0.390 e. The summed E-state index contributed by atoms with van der Waals surface area (Å²) < 4.78 is 50.2. The molecule has 0 aliphatic rings. The molecule has 0 aromatic heterocycles. The van der Waals surface area contributed by atoms with Crippen LogP contribution in [0, 0.1) is 5.82 Å². The van der Waals surface area contributed by atoms with Gasteiger partial charge in [-0.1, -0.05) is 6.07 Å². The van der Waals surface area contributed by atoms with Crippen LogP contribution in [0.4, 0.5) is 23.2 Å². The maximum atomic E-state index is 13.6. The van der Waals surface area contributed by atoms with E-state index in [2.05, 4.69) is 0 Å². The van der Waals surface area contributed by atoms with Gasteiger partial charge in [0.05, 0.1) is 6.42 Å². The number of alkyl halides is 3. The van der Waals surface area contributed by atoms with Gasteiger partial charge in [-0.25, -0.2) is 9.18 Å². The normalized spacial score (nSPS) is 11.8. The molecule has 0 radical (unpaired) electrons. The summed E-state index contributed by atoms with van der Waals surface area (Å²) in [5.74, 6) is -1.96. The molecule has 0 bridgehead atoms. The lowest BCUT2D eigenvalue weighted by Gasteiger charge is -2.22. The Kier molecular flexibility index (Phi) is 5.12. The molecule has 0 saturated carbocycles. The maximum absolute atomic E-state index is 13.6. The van der Waals surface area contributed by atoms with Gasteiger partial charge in [0.25, 0.3) is 0 Å². The van der Waals surface area contributed by atoms with Gasteiger partial charge in [-0.2, -0.15) is 13.2 Å². The Morgan fingerprint density at radius 1 is 1.40 bits per heavy atom. The summed E-state index contributed by atoms with van der Waals surface area (Å²) in [6, 6.07) is 3.90. The number of hydrogen-bond acceptors (Lipinski definition) is 2. The van der Waals surface area contributed by atoms with Crippen molar-refractivity contribution < 1.29 is 27.5 Å². The van der Waals surface area contributed by atoms with Gasteiger partial charge in [0.15, 0.2) is 0 Å². The van der Waals surface area contributed by atoms with Crippen molar-refractivity contribution in [2.75, 3.05) is 18.5 Å². The van der Waals surface area contributed by atoms with Crippen LogP contribution in [0.3, 0.4) is 0 Å². The van der Waals surface area contributed by atoms with Crippen molar-refractivity contribution in [3.8, 4) is 0 Å². The Morgan fingerprint density at radius 3 is 2.60 bits per heavy atom. The number of anilines is 1. The zero-order valence-corrected chi connectivity index (χ0v) is 10.6. The molecule has 0 amide bonds. The molecular weight excluding hydrogens is 278 g/mol. The zero-order valence-electron chi connectivity index (χ0n) is 10.6. The number of carbonyl (C=O) groups is 1. The summed E-state index contributed by atoms with van der Waals surface area (Å²) in [7, 11) is 1.39. The molecule has 1 rings (SSSR count). The molecule has 0 atom stereocenters. The number of benzene rings is 1. The van der Waals surface area contributed by atoms with E-state index in [1.54, 1.807) is 0 Å². The molecule has 1 N–H and O–H groups in total. The highest BCUT2D eigenvalue weighted by Crippen LogP contribution is 2.26. The van der Waals surface area contributed by atoms with Crippen LogP contribution in [-0.2, 0) is 4.79 Å². The summed E-state index contributed by atoms with van der Waals surface area (Å²) in [6.07, 6.45) is -3.59. The van der Waals surface area contributed by atoms with Gasteiger partial charge in [0.2, 0.25) is 0 Å². The highest BCUT2D eigenvalue weighted by Gasteiger charge is 2.27. The van der Waals surface area contributed by atoms with Gasteiger partial charge in [0.1, 0.15) is 5.82 Å². The van der Waals surface area contributed by atoms with Crippen LogP contribution < -0.4 is 4.90 Å². The lowest BCUT2D eigenvalue weighted by atomic mass is 10.1. The third kappa shape index (κ3) is 4.91. The molecule has 7 heteroatoms. The fourth-order valence-corrected chi connectivity index (χ4v) is 1.59. The van der Waals surface area contributed by atoms with E-state index in [0.717, 1.165) is 18.2 Å². The standard InChI is InChI=1S/C13H13F4NO2/c1-18(8-7-13(15,16)17)11-4-2-3-10(14)9(11)5-6-12(19)20/h2-6H,7-8H2,1H3,(H,19,20)/b6-5+. The lowest BCUT2D eigenvalue weighted by Crippen LogP contribution is -2.24. The van der Waals surface area contributed by atoms with Crippen molar-refractivity contribution in [3.05, 3.63) is 35.7 Å². The number of rotatable bonds is 5. The zero-order chi connectivity index (χ0) is 15.3. The Labute approximate surface area is 113 Å². The minimum Gasteiger partial charge on any atom is -0.478 e. The van der Waals surface area contributed by atoms with E-state index in [0.29, 0.717) is 0 Å². The molecule has 1 aromatic carbocycles. The Morgan fingerprint density at radius 2 is 2.05 bits per heavy atom. The van der Waals surface area contributed by atoms with Crippen LogP contribution in [0.2, 0.25) is 0 Å². The summed E-state index contributed by atoms with van der Waals surface area (Å²) in [4.78, 5) is 11.7. The first kappa shape index (κ1) is 16.0. The number of aliphatic carboxylic acids is 1. The predicted molar refractivity (Wildman–Crippen MR) is 67.0 cm³/mol. The average molecular weight is 291 g/mol. The molecule has 0 fully saturated rings. The van der Waals surface area contributed by atoms with E-state index < -0.39 is 24.4 Å². The fraction of sp³-hybridized carbons (Fsp3) is 0.308. The van der Waals surface area contributed by atoms with Gasteiger partial charge < -0.3 is 10.0 Å². The predicted octanol–water partition coefficient (Wildman–Crippen LogP) is 3.31. The first-order chi connectivity index (χ1) is 9.20. The minimum atomic E-state index is -4.31. The highest BCUT2D eigenvalue weighted by molar-refractivity contribution is 5.87. The molecule has 0 saturated heterocycles. The van der Waals surface area contributed by atoms with E-state index >= 15 is 0 Å². The molecular formula is C13H13F4NO2. The number of hydrogen-bond donors (Lipinski definition) is 1. The van der Waals surface area contributed by atoms with E-state index in [1.807, 2.05) is 0 Å². The maximum Gasteiger partial charge on any atom is 0.390 e. The number of carboxylic acid groups (broad SMARTS) is 1. The Hall–Kier alpha value is -2.05. The van der Waals surface area contributed by atoms with Crippen LogP contribution in [0.25, 0.3) is 6.08 Å².